The van der Waals surface area contributed by atoms with Crippen LogP contribution in [-0.2, 0) is 20.9 Å². The normalized spacial score (nSPS) is 23.7. The molecule has 11 nitrogen and oxygen atoms in total. The van der Waals surface area contributed by atoms with Crippen molar-refractivity contribution in [3.63, 3.8) is 0 Å². The van der Waals surface area contributed by atoms with Crippen LogP contribution in [0.5, 0.6) is 0 Å². The fourth-order valence-electron chi connectivity index (χ4n) is 3.83. The van der Waals surface area contributed by atoms with Gasteiger partial charge in [-0.05, 0) is 40.5 Å². The Balaban J connectivity index is 1.69. The first-order valence-corrected chi connectivity index (χ1v) is 9.58. The highest BCUT2D eigenvalue weighted by Gasteiger charge is 2.62. The van der Waals surface area contributed by atoms with Gasteiger partial charge in [0.05, 0.1) is 19.2 Å². The van der Waals surface area contributed by atoms with Crippen molar-refractivity contribution in [1.29, 1.82) is 0 Å². The van der Waals surface area contributed by atoms with Crippen molar-refractivity contribution in [2.75, 3.05) is 13.1 Å². The number of amides is 3. The molecule has 0 aliphatic carbocycles. The van der Waals surface area contributed by atoms with Crippen LogP contribution in [0.15, 0.2) is 10.9 Å². The average molecular weight is 409 g/mol. The number of hydrogen-bond donors (Lipinski definition) is 2. The summed E-state index contributed by atoms with van der Waals surface area (Å²) in [5, 5.41) is 16.2. The zero-order chi connectivity index (χ0) is 21.4. The number of aliphatic hydroxyl groups is 1. The molecule has 0 bridgehead atoms. The van der Waals surface area contributed by atoms with Crippen LogP contribution in [0.2, 0.25) is 0 Å². The van der Waals surface area contributed by atoms with E-state index in [9.17, 15) is 19.5 Å². The monoisotopic (exact) mass is 409 g/mol. The number of rotatable bonds is 5. The molecule has 3 heterocycles. The molecule has 2 aliphatic rings. The van der Waals surface area contributed by atoms with Gasteiger partial charge in [0.1, 0.15) is 17.2 Å². The number of aliphatic hydroxyl groups excluding tert-OH is 1. The summed E-state index contributed by atoms with van der Waals surface area (Å²) in [5.41, 5.74) is -1.69. The molecule has 29 heavy (non-hydrogen) atoms. The van der Waals surface area contributed by atoms with E-state index in [1.54, 1.807) is 20.8 Å². The van der Waals surface area contributed by atoms with E-state index >= 15 is 0 Å². The fraction of sp³-hybridized carbons (Fsp3) is 0.722. The summed E-state index contributed by atoms with van der Waals surface area (Å²) in [7, 11) is 0. The van der Waals surface area contributed by atoms with E-state index in [-0.39, 0.29) is 24.9 Å². The smallest absolute Gasteiger partial charge is 0.411 e. The molecule has 11 heteroatoms. The lowest BCUT2D eigenvalue weighted by Gasteiger charge is -2.53. The molecular formula is C18H27N5O6. The summed E-state index contributed by atoms with van der Waals surface area (Å²) < 4.78 is 10.3. The minimum atomic E-state index is -1.10. The molecule has 3 rings (SSSR count). The van der Waals surface area contributed by atoms with E-state index in [1.165, 1.54) is 23.1 Å². The van der Waals surface area contributed by atoms with Crippen LogP contribution in [0, 0.1) is 0 Å². The van der Waals surface area contributed by atoms with Gasteiger partial charge in [-0.3, -0.25) is 14.5 Å². The maximum Gasteiger partial charge on any atom is 0.411 e. The van der Waals surface area contributed by atoms with Gasteiger partial charge in [-0.2, -0.15) is 4.98 Å². The molecule has 3 atom stereocenters. The van der Waals surface area contributed by atoms with Crippen molar-refractivity contribution in [3.05, 3.63) is 12.2 Å². The fourth-order valence-corrected chi connectivity index (χ4v) is 3.83. The maximum absolute atomic E-state index is 13.1. The molecule has 3 unspecified atom stereocenters. The van der Waals surface area contributed by atoms with Gasteiger partial charge in [-0.15, -0.1) is 0 Å². The minimum Gasteiger partial charge on any atom is -0.444 e. The Labute approximate surface area is 168 Å². The van der Waals surface area contributed by atoms with Crippen molar-refractivity contribution in [2.24, 2.45) is 0 Å². The van der Waals surface area contributed by atoms with Crippen LogP contribution < -0.4 is 5.32 Å². The third-order valence-electron chi connectivity index (χ3n) is 5.08. The van der Waals surface area contributed by atoms with Gasteiger partial charge in [0.15, 0.2) is 6.33 Å². The van der Waals surface area contributed by atoms with Gasteiger partial charge in [-0.25, -0.2) is 4.79 Å². The maximum atomic E-state index is 13.1. The van der Waals surface area contributed by atoms with Gasteiger partial charge in [0.25, 0.3) is 5.91 Å². The minimum absolute atomic E-state index is 0.0146. The standard InChI is InChI=1S/C18H27N5O6/c1-11(24)13(14(25)19-8-12-20-10-21-29-12)22-9-18(15(22)26)6-5-7-23(18)16(27)28-17(2,3)4/h10-11,13,24H,5-9H2,1-4H3,(H,19,25). The number of aromatic nitrogens is 2. The number of carbonyl (C=O) groups is 3. The van der Waals surface area contributed by atoms with Crippen LogP contribution in [0.4, 0.5) is 4.79 Å². The van der Waals surface area contributed by atoms with Gasteiger partial charge in [-0.1, -0.05) is 5.16 Å². The Kier molecular flexibility index (Phi) is 5.52. The second-order valence-electron chi connectivity index (χ2n) is 8.44. The first-order chi connectivity index (χ1) is 13.5. The molecule has 2 fully saturated rings. The van der Waals surface area contributed by atoms with Crippen molar-refractivity contribution in [3.8, 4) is 0 Å². The summed E-state index contributed by atoms with van der Waals surface area (Å²) in [4.78, 5) is 44.8. The largest absolute Gasteiger partial charge is 0.444 e. The van der Waals surface area contributed by atoms with Crippen LogP contribution in [0.3, 0.4) is 0 Å². The molecule has 1 spiro atoms. The van der Waals surface area contributed by atoms with E-state index in [4.69, 9.17) is 9.26 Å². The molecule has 2 saturated heterocycles. The molecule has 0 radical (unpaired) electrons. The lowest BCUT2D eigenvalue weighted by Crippen LogP contribution is -2.77. The van der Waals surface area contributed by atoms with Crippen molar-refractivity contribution < 1.29 is 28.8 Å². The van der Waals surface area contributed by atoms with E-state index in [0.717, 1.165) is 0 Å². The molecule has 2 aliphatic heterocycles. The Morgan fingerprint density at radius 2 is 2.17 bits per heavy atom. The molecule has 1 aromatic rings. The molecule has 0 aromatic carbocycles. The highest BCUT2D eigenvalue weighted by molar-refractivity contribution is 5.99. The quantitative estimate of drug-likeness (QED) is 0.651. The van der Waals surface area contributed by atoms with Gasteiger partial charge < -0.3 is 24.6 Å². The molecule has 2 N–H and O–H groups in total. The first-order valence-electron chi connectivity index (χ1n) is 9.58. The Bertz CT molecular complexity index is 774. The van der Waals surface area contributed by atoms with Gasteiger partial charge in [0.2, 0.25) is 11.8 Å². The second-order valence-corrected chi connectivity index (χ2v) is 8.44. The van der Waals surface area contributed by atoms with E-state index in [1.807, 2.05) is 0 Å². The van der Waals surface area contributed by atoms with Gasteiger partial charge in [0, 0.05) is 6.54 Å². The number of carbonyl (C=O) groups excluding carboxylic acids is 3. The molecule has 1 aromatic heterocycles. The van der Waals surface area contributed by atoms with Crippen molar-refractivity contribution >= 4 is 17.9 Å². The predicted molar refractivity (Wildman–Crippen MR) is 98.2 cm³/mol. The number of ether oxygens (including phenoxy) is 1. The Morgan fingerprint density at radius 1 is 1.45 bits per heavy atom. The zero-order valence-corrected chi connectivity index (χ0v) is 17.0. The summed E-state index contributed by atoms with van der Waals surface area (Å²) in [5.74, 6) is -0.691. The lowest BCUT2D eigenvalue weighted by atomic mass is 9.83. The van der Waals surface area contributed by atoms with Crippen LogP contribution in [0.25, 0.3) is 0 Å². The SMILES string of the molecule is CC(O)C(C(=O)NCc1ncno1)N1CC2(CCCN2C(=O)OC(C)(C)C)C1=O. The number of hydrogen-bond acceptors (Lipinski definition) is 8. The second kappa shape index (κ2) is 7.62. The van der Waals surface area contributed by atoms with Gasteiger partial charge >= 0.3 is 6.09 Å². The van der Waals surface area contributed by atoms with E-state index < -0.39 is 35.3 Å². The summed E-state index contributed by atoms with van der Waals surface area (Å²) in [6, 6.07) is -1.09. The summed E-state index contributed by atoms with van der Waals surface area (Å²) in [6.45, 7) is 7.29. The molecule has 160 valence electrons. The highest BCUT2D eigenvalue weighted by Crippen LogP contribution is 2.41. The van der Waals surface area contributed by atoms with E-state index in [2.05, 4.69) is 15.5 Å². The van der Waals surface area contributed by atoms with Crippen LogP contribution in [-0.4, -0.2) is 79.3 Å². The molecular weight excluding hydrogens is 382 g/mol. The summed E-state index contributed by atoms with van der Waals surface area (Å²) >= 11 is 0. The number of nitrogens with one attached hydrogen (secondary N) is 1. The number of β-lactam (4-membered cyclic amide) rings is 1. The Morgan fingerprint density at radius 3 is 2.72 bits per heavy atom. The van der Waals surface area contributed by atoms with Crippen LogP contribution >= 0.6 is 0 Å². The topological polar surface area (TPSA) is 138 Å². The molecule has 0 saturated carbocycles. The highest BCUT2D eigenvalue weighted by atomic mass is 16.6. The third-order valence-corrected chi connectivity index (χ3v) is 5.08. The van der Waals surface area contributed by atoms with Crippen LogP contribution in [0.1, 0.15) is 46.4 Å². The average Bonchev–Trinajstić information content (AvgIpc) is 3.28. The zero-order valence-electron chi connectivity index (χ0n) is 17.0. The number of nitrogens with zero attached hydrogens (tertiary/aromatic N) is 4. The third kappa shape index (κ3) is 4.04. The number of likely N-dealkylation sites (tertiary alicyclic amines) is 2. The predicted octanol–water partition coefficient (Wildman–Crippen LogP) is 0.0471. The Hall–Kier alpha value is -2.69. The summed E-state index contributed by atoms with van der Waals surface area (Å²) in [6.07, 6.45) is 0.730. The van der Waals surface area contributed by atoms with Crippen molar-refractivity contribution in [2.45, 2.75) is 70.4 Å². The van der Waals surface area contributed by atoms with Crippen molar-refractivity contribution in [1.82, 2.24) is 25.3 Å². The van der Waals surface area contributed by atoms with E-state index in [0.29, 0.717) is 19.4 Å². The molecule has 3 amide bonds. The first kappa shape index (κ1) is 21.0. The lowest BCUT2D eigenvalue weighted by molar-refractivity contribution is -0.171.